The van der Waals surface area contributed by atoms with Crippen molar-refractivity contribution in [3.05, 3.63) is 79.9 Å². The zero-order valence-electron chi connectivity index (χ0n) is 16.3. The van der Waals surface area contributed by atoms with Crippen molar-refractivity contribution in [2.24, 2.45) is 5.10 Å². The van der Waals surface area contributed by atoms with Crippen molar-refractivity contribution >= 4 is 40.5 Å². The van der Waals surface area contributed by atoms with E-state index in [1.165, 1.54) is 11.3 Å². The maximum Gasteiger partial charge on any atom is 0.287 e. The third-order valence-corrected chi connectivity index (χ3v) is 6.20. The number of hydrogen-bond donors (Lipinski definition) is 2. The summed E-state index contributed by atoms with van der Waals surface area (Å²) in [6.45, 7) is 2.15. The molecular formula is C22H20ClN3O3S. The Labute approximate surface area is 182 Å². The smallest absolute Gasteiger partial charge is 0.287 e. The van der Waals surface area contributed by atoms with E-state index in [-0.39, 0.29) is 17.6 Å². The molecule has 2 amide bonds. The van der Waals surface area contributed by atoms with E-state index in [0.29, 0.717) is 22.9 Å². The van der Waals surface area contributed by atoms with E-state index >= 15 is 0 Å². The van der Waals surface area contributed by atoms with Crippen LogP contribution in [0, 0.1) is 6.92 Å². The number of fused-ring (bicyclic) bond motifs is 1. The second kappa shape index (κ2) is 8.85. The van der Waals surface area contributed by atoms with Crippen LogP contribution in [0.5, 0.6) is 0 Å². The molecule has 4 rings (SSSR count). The lowest BCUT2D eigenvalue weighted by Gasteiger charge is -2.13. The molecule has 0 fully saturated rings. The second-order valence-corrected chi connectivity index (χ2v) is 8.31. The highest BCUT2D eigenvalue weighted by Crippen LogP contribution is 2.30. The number of furan rings is 1. The number of hydrazone groups is 1. The topological polar surface area (TPSA) is 83.7 Å². The molecule has 0 bridgehead atoms. The largest absolute Gasteiger partial charge is 0.455 e. The van der Waals surface area contributed by atoms with Crippen molar-refractivity contribution in [2.75, 3.05) is 0 Å². The summed E-state index contributed by atoms with van der Waals surface area (Å²) in [5.41, 5.74) is 5.72. The molecular weight excluding hydrogens is 422 g/mol. The quantitative estimate of drug-likeness (QED) is 0.562. The van der Waals surface area contributed by atoms with Crippen LogP contribution < -0.4 is 10.7 Å². The molecule has 6 nitrogen and oxygen atoms in total. The Kier molecular flexibility index (Phi) is 6.01. The first kappa shape index (κ1) is 20.4. The molecule has 1 aliphatic carbocycles. The summed E-state index contributed by atoms with van der Waals surface area (Å²) in [4.78, 5) is 25.5. The molecule has 1 aliphatic rings. The van der Waals surface area contributed by atoms with Gasteiger partial charge in [-0.05, 0) is 42.8 Å². The molecule has 2 N–H and O–H groups in total. The molecule has 0 saturated carbocycles. The minimum Gasteiger partial charge on any atom is -0.455 e. The number of nitrogens with one attached hydrogen (secondary N) is 2. The van der Waals surface area contributed by atoms with Gasteiger partial charge < -0.3 is 9.73 Å². The van der Waals surface area contributed by atoms with E-state index in [4.69, 9.17) is 16.0 Å². The van der Waals surface area contributed by atoms with Crippen LogP contribution in [0.15, 0.2) is 51.3 Å². The van der Waals surface area contributed by atoms with E-state index < -0.39 is 0 Å². The maximum atomic E-state index is 12.7. The highest BCUT2D eigenvalue weighted by Gasteiger charge is 2.28. The molecule has 0 spiro atoms. The Morgan fingerprint density at radius 3 is 2.77 bits per heavy atom. The monoisotopic (exact) mass is 441 g/mol. The number of hydrogen-bond acceptors (Lipinski definition) is 5. The summed E-state index contributed by atoms with van der Waals surface area (Å²) in [5, 5.41) is 9.64. The summed E-state index contributed by atoms with van der Waals surface area (Å²) in [5.74, 6) is 0.448. The normalized spacial score (nSPS) is 14.4. The average molecular weight is 442 g/mol. The minimum absolute atomic E-state index is 0.247. The molecule has 8 heteroatoms. The molecule has 0 unspecified atom stereocenters. The van der Waals surface area contributed by atoms with Gasteiger partial charge in [0.15, 0.2) is 5.76 Å². The van der Waals surface area contributed by atoms with Crippen LogP contribution in [0.3, 0.4) is 0 Å². The fourth-order valence-electron chi connectivity index (χ4n) is 3.48. The van der Waals surface area contributed by atoms with Gasteiger partial charge in [-0.25, -0.2) is 5.43 Å². The van der Waals surface area contributed by atoms with Crippen molar-refractivity contribution < 1.29 is 14.0 Å². The third kappa shape index (κ3) is 4.17. The third-order valence-electron chi connectivity index (χ3n) is 4.97. The van der Waals surface area contributed by atoms with Crippen LogP contribution in [0.2, 0.25) is 5.02 Å². The molecule has 3 aromatic rings. The molecule has 30 heavy (non-hydrogen) atoms. The Balaban J connectivity index is 1.52. The van der Waals surface area contributed by atoms with Crippen molar-refractivity contribution in [1.82, 2.24) is 10.7 Å². The average Bonchev–Trinajstić information content (AvgIpc) is 3.40. The van der Waals surface area contributed by atoms with E-state index in [1.807, 2.05) is 36.6 Å². The predicted octanol–water partition coefficient (Wildman–Crippen LogP) is 4.70. The summed E-state index contributed by atoms with van der Waals surface area (Å²) < 4.78 is 5.89. The van der Waals surface area contributed by atoms with Crippen LogP contribution in [-0.2, 0) is 13.0 Å². The number of rotatable bonds is 5. The van der Waals surface area contributed by atoms with E-state index in [2.05, 4.69) is 15.8 Å². The van der Waals surface area contributed by atoms with Gasteiger partial charge >= 0.3 is 0 Å². The van der Waals surface area contributed by atoms with Gasteiger partial charge in [0.1, 0.15) is 5.76 Å². The Morgan fingerprint density at radius 2 is 2.00 bits per heavy atom. The summed E-state index contributed by atoms with van der Waals surface area (Å²) in [6, 6.07) is 10.9. The fourth-order valence-corrected chi connectivity index (χ4v) is 4.29. The Bertz CT molecular complexity index is 1120. The zero-order chi connectivity index (χ0) is 21.1. The first-order valence-corrected chi connectivity index (χ1v) is 10.8. The fraction of sp³-hybridized carbons (Fsp3) is 0.227. The van der Waals surface area contributed by atoms with Gasteiger partial charge in [-0.15, -0.1) is 11.3 Å². The van der Waals surface area contributed by atoms with Gasteiger partial charge in [0.25, 0.3) is 11.8 Å². The predicted molar refractivity (Wildman–Crippen MR) is 117 cm³/mol. The Morgan fingerprint density at radius 1 is 1.17 bits per heavy atom. The first-order chi connectivity index (χ1) is 14.5. The number of halogens is 1. The molecule has 0 aliphatic heterocycles. The molecule has 1 aromatic carbocycles. The molecule has 2 aromatic heterocycles. The zero-order valence-corrected chi connectivity index (χ0v) is 17.9. The van der Waals surface area contributed by atoms with Gasteiger partial charge in [0.05, 0.1) is 10.6 Å². The van der Waals surface area contributed by atoms with Gasteiger partial charge in [-0.1, -0.05) is 35.9 Å². The van der Waals surface area contributed by atoms with Gasteiger partial charge in [-0.3, -0.25) is 9.59 Å². The molecule has 154 valence electrons. The van der Waals surface area contributed by atoms with Crippen molar-refractivity contribution in [1.29, 1.82) is 0 Å². The number of thiophene rings is 1. The summed E-state index contributed by atoms with van der Waals surface area (Å²) in [7, 11) is 0. The minimum atomic E-state index is -0.302. The van der Waals surface area contributed by atoms with E-state index in [0.717, 1.165) is 41.0 Å². The lowest BCUT2D eigenvalue weighted by molar-refractivity contribution is 0.0919. The van der Waals surface area contributed by atoms with Crippen molar-refractivity contribution in [2.45, 2.75) is 32.7 Å². The van der Waals surface area contributed by atoms with Crippen molar-refractivity contribution in [3.8, 4) is 0 Å². The molecule has 0 radical (unpaired) electrons. The Hall–Kier alpha value is -2.90. The van der Waals surface area contributed by atoms with Gasteiger partial charge in [0.2, 0.25) is 0 Å². The lowest BCUT2D eigenvalue weighted by atomic mass is 9.93. The van der Waals surface area contributed by atoms with E-state index in [9.17, 15) is 9.59 Å². The number of aryl methyl sites for hydroxylation is 1. The number of benzene rings is 1. The van der Waals surface area contributed by atoms with Gasteiger partial charge in [-0.2, -0.15) is 5.10 Å². The standard InChI is InChI=1S/C22H20ClN3O3S/c1-13-19-16(25-26-21(27)18-10-5-11-30-18)8-4-9-17(19)29-20(13)22(28)24-12-14-6-2-3-7-15(14)23/h2-3,5-7,10-11H,4,8-9,12H2,1H3,(H,24,28)(H,26,27)/b25-16+. The highest BCUT2D eigenvalue weighted by atomic mass is 35.5. The van der Waals surface area contributed by atoms with Crippen LogP contribution in [-0.4, -0.2) is 17.5 Å². The summed E-state index contributed by atoms with van der Waals surface area (Å²) in [6.07, 6.45) is 2.28. The SMILES string of the molecule is Cc1c(C(=O)NCc2ccccc2Cl)oc2c1/C(=N/NC(=O)c1cccs1)CCC2. The number of carbonyl (C=O) groups is 2. The maximum absolute atomic E-state index is 12.7. The number of carbonyl (C=O) groups excluding carboxylic acids is 2. The van der Waals surface area contributed by atoms with Crippen molar-refractivity contribution in [3.63, 3.8) is 0 Å². The lowest BCUT2D eigenvalue weighted by Crippen LogP contribution is -2.23. The molecule has 0 saturated heterocycles. The summed E-state index contributed by atoms with van der Waals surface area (Å²) >= 11 is 7.52. The van der Waals surface area contributed by atoms with Crippen LogP contribution in [0.25, 0.3) is 0 Å². The second-order valence-electron chi connectivity index (χ2n) is 6.96. The molecule has 2 heterocycles. The number of amides is 2. The first-order valence-electron chi connectivity index (χ1n) is 9.59. The van der Waals surface area contributed by atoms with Crippen LogP contribution in [0.4, 0.5) is 0 Å². The van der Waals surface area contributed by atoms with Gasteiger partial charge in [0, 0.05) is 29.1 Å². The number of nitrogens with zero attached hydrogens (tertiary/aromatic N) is 1. The highest BCUT2D eigenvalue weighted by molar-refractivity contribution is 7.12. The van der Waals surface area contributed by atoms with E-state index in [1.54, 1.807) is 12.1 Å². The molecule has 0 atom stereocenters. The van der Waals surface area contributed by atoms with Crippen LogP contribution >= 0.6 is 22.9 Å². The van der Waals surface area contributed by atoms with Crippen LogP contribution in [0.1, 0.15) is 55.5 Å².